The van der Waals surface area contributed by atoms with Crippen LogP contribution in [0.1, 0.15) is 29.1 Å². The van der Waals surface area contributed by atoms with Crippen molar-refractivity contribution in [3.8, 4) is 5.75 Å². The summed E-state index contributed by atoms with van der Waals surface area (Å²) in [7, 11) is 2.66. The van der Waals surface area contributed by atoms with E-state index in [2.05, 4.69) is 21.3 Å². The van der Waals surface area contributed by atoms with E-state index in [1.165, 1.54) is 0 Å². The Kier molecular flexibility index (Phi) is 4.48. The van der Waals surface area contributed by atoms with E-state index < -0.39 is 0 Å². The molecule has 1 aliphatic heterocycles. The molecule has 0 radical (unpaired) electrons. The summed E-state index contributed by atoms with van der Waals surface area (Å²) in [6.45, 7) is 3.01. The van der Waals surface area contributed by atoms with Gasteiger partial charge in [-0.2, -0.15) is 5.10 Å². The summed E-state index contributed by atoms with van der Waals surface area (Å²) in [5, 5.41) is 5.67. The van der Waals surface area contributed by atoms with Gasteiger partial charge in [-0.3, -0.25) is 9.48 Å². The van der Waals surface area contributed by atoms with Crippen molar-refractivity contribution in [1.29, 1.82) is 0 Å². The first-order valence-electron chi connectivity index (χ1n) is 8.55. The Labute approximate surface area is 154 Å². The van der Waals surface area contributed by atoms with Crippen molar-refractivity contribution in [3.63, 3.8) is 0 Å². The lowest BCUT2D eigenvalue weighted by Crippen LogP contribution is -2.42. The highest BCUT2D eigenvalue weighted by Gasteiger charge is 2.31. The first-order valence-corrected chi connectivity index (χ1v) is 9.13. The monoisotopic (exact) mass is 365 g/mol. The van der Waals surface area contributed by atoms with E-state index >= 15 is 0 Å². The summed E-state index contributed by atoms with van der Waals surface area (Å²) >= 11 is 0. The number of ether oxygens (including phenoxy) is 1. The summed E-state index contributed by atoms with van der Waals surface area (Å²) in [6.07, 6.45) is 0. The van der Waals surface area contributed by atoms with Crippen molar-refractivity contribution in [3.05, 3.63) is 72.1 Å². The maximum Gasteiger partial charge on any atom is 0.276 e. The number of carbonyl (C=O) groups is 1. The van der Waals surface area contributed by atoms with Crippen LogP contribution in [0.2, 0.25) is 0 Å². The van der Waals surface area contributed by atoms with Crippen LogP contribution < -0.4 is 14.9 Å². The molecule has 0 aliphatic carbocycles. The summed E-state index contributed by atoms with van der Waals surface area (Å²) in [5.74, 6) is 0.759. The number of fused-ring (bicyclic) bond motifs is 1. The first kappa shape index (κ1) is 16.8. The van der Waals surface area contributed by atoms with Crippen molar-refractivity contribution in [1.82, 2.24) is 9.78 Å². The normalized spacial score (nSPS) is 16.5. The molecule has 132 valence electrons. The maximum absolute atomic E-state index is 13.0. The minimum Gasteiger partial charge on any atom is -0.487 e. The predicted octanol–water partition coefficient (Wildman–Crippen LogP) is 3.18. The molecule has 4 rings (SSSR count). The molecule has 1 amide bonds. The highest BCUT2D eigenvalue weighted by Crippen LogP contribution is 2.26. The van der Waals surface area contributed by atoms with Crippen LogP contribution >= 0.6 is 9.24 Å². The van der Waals surface area contributed by atoms with Gasteiger partial charge in [0.25, 0.3) is 5.91 Å². The molecule has 0 saturated heterocycles. The highest BCUT2D eigenvalue weighted by atomic mass is 31.0. The first-order chi connectivity index (χ1) is 12.6. The lowest BCUT2D eigenvalue weighted by molar-refractivity contribution is 0.0953. The molecule has 2 aromatic carbocycles. The molecule has 2 unspecified atom stereocenters. The van der Waals surface area contributed by atoms with Crippen molar-refractivity contribution in [2.24, 2.45) is 0 Å². The van der Waals surface area contributed by atoms with E-state index in [9.17, 15) is 4.79 Å². The molecule has 5 nitrogen and oxygen atoms in total. The van der Waals surface area contributed by atoms with Gasteiger partial charge >= 0.3 is 0 Å². The number of amides is 1. The van der Waals surface area contributed by atoms with Gasteiger partial charge in [0.15, 0.2) is 0 Å². The standard InChI is InChI=1S/C20H20N3O2P/c1-14-12-22(16-7-9-18(26)10-8-16)20(24)19-11-15(21-23(14)19)13-25-17-5-3-2-4-6-17/h2-11,14H,12-13,26H2,1H3. The zero-order valence-corrected chi connectivity index (χ0v) is 15.7. The van der Waals surface area contributed by atoms with Crippen LogP contribution in [-0.4, -0.2) is 22.2 Å². The molecular weight excluding hydrogens is 345 g/mol. The Bertz CT molecular complexity index is 922. The molecule has 3 aromatic rings. The Morgan fingerprint density at radius 1 is 1.15 bits per heavy atom. The molecule has 1 aromatic heterocycles. The number of rotatable bonds is 4. The largest absolute Gasteiger partial charge is 0.487 e. The third kappa shape index (κ3) is 3.23. The number of aromatic nitrogens is 2. The van der Waals surface area contributed by atoms with Gasteiger partial charge in [0.2, 0.25) is 0 Å². The predicted molar refractivity (Wildman–Crippen MR) is 105 cm³/mol. The average molecular weight is 365 g/mol. The smallest absolute Gasteiger partial charge is 0.276 e. The fourth-order valence-electron chi connectivity index (χ4n) is 3.13. The Morgan fingerprint density at radius 3 is 2.62 bits per heavy atom. The molecule has 0 fully saturated rings. The molecule has 1 aliphatic rings. The quantitative estimate of drug-likeness (QED) is 0.667. The highest BCUT2D eigenvalue weighted by molar-refractivity contribution is 7.27. The maximum atomic E-state index is 13.0. The molecular formula is C20H20N3O2P. The van der Waals surface area contributed by atoms with Gasteiger partial charge in [-0.15, -0.1) is 9.24 Å². The van der Waals surface area contributed by atoms with E-state index in [1.807, 2.05) is 70.2 Å². The van der Waals surface area contributed by atoms with Crippen molar-refractivity contribution < 1.29 is 9.53 Å². The van der Waals surface area contributed by atoms with E-state index in [1.54, 1.807) is 0 Å². The molecule has 0 saturated carbocycles. The number of para-hydroxylation sites is 1. The second-order valence-electron chi connectivity index (χ2n) is 6.42. The zero-order chi connectivity index (χ0) is 18.1. The van der Waals surface area contributed by atoms with Gasteiger partial charge in [0.1, 0.15) is 23.7 Å². The van der Waals surface area contributed by atoms with Gasteiger partial charge in [0.05, 0.1) is 6.04 Å². The lowest BCUT2D eigenvalue weighted by atomic mass is 10.1. The molecule has 6 heteroatoms. The summed E-state index contributed by atoms with van der Waals surface area (Å²) in [5.41, 5.74) is 2.26. The number of hydrogen-bond donors (Lipinski definition) is 0. The van der Waals surface area contributed by atoms with Crippen LogP contribution in [0.25, 0.3) is 0 Å². The Balaban J connectivity index is 1.56. The summed E-state index contributed by atoms with van der Waals surface area (Å²) < 4.78 is 7.57. The van der Waals surface area contributed by atoms with Crippen molar-refractivity contribution in [2.75, 3.05) is 11.4 Å². The fourth-order valence-corrected chi connectivity index (χ4v) is 3.32. The van der Waals surface area contributed by atoms with E-state index in [0.29, 0.717) is 18.8 Å². The van der Waals surface area contributed by atoms with Crippen LogP contribution in [0.15, 0.2) is 60.7 Å². The lowest BCUT2D eigenvalue weighted by Gasteiger charge is -2.31. The molecule has 0 spiro atoms. The topological polar surface area (TPSA) is 47.4 Å². The number of benzene rings is 2. The number of anilines is 1. The van der Waals surface area contributed by atoms with Gasteiger partial charge in [0, 0.05) is 12.2 Å². The fraction of sp³-hybridized carbons (Fsp3) is 0.200. The molecule has 0 N–H and O–H groups in total. The molecule has 2 heterocycles. The third-order valence-electron chi connectivity index (χ3n) is 4.45. The Hall–Kier alpha value is -2.65. The number of carbonyl (C=O) groups excluding carboxylic acids is 1. The van der Waals surface area contributed by atoms with Crippen LogP contribution in [-0.2, 0) is 6.61 Å². The van der Waals surface area contributed by atoms with Crippen LogP contribution in [0.5, 0.6) is 5.75 Å². The Morgan fingerprint density at radius 2 is 1.88 bits per heavy atom. The molecule has 26 heavy (non-hydrogen) atoms. The van der Waals surface area contributed by atoms with Gasteiger partial charge < -0.3 is 9.64 Å². The molecule has 2 atom stereocenters. The van der Waals surface area contributed by atoms with Crippen LogP contribution in [0.3, 0.4) is 0 Å². The minimum atomic E-state index is -0.0296. The van der Waals surface area contributed by atoms with Crippen LogP contribution in [0.4, 0.5) is 5.69 Å². The zero-order valence-electron chi connectivity index (χ0n) is 14.5. The van der Waals surface area contributed by atoms with Crippen molar-refractivity contribution >= 4 is 26.1 Å². The average Bonchev–Trinajstić information content (AvgIpc) is 3.10. The van der Waals surface area contributed by atoms with E-state index in [-0.39, 0.29) is 11.9 Å². The second-order valence-corrected chi connectivity index (χ2v) is 7.09. The van der Waals surface area contributed by atoms with Gasteiger partial charge in [-0.05, 0) is 42.6 Å². The SMILES string of the molecule is CC1CN(c2ccc(P)cc2)C(=O)c2cc(COc3ccccc3)nn21. The third-order valence-corrected chi connectivity index (χ3v) is 4.83. The van der Waals surface area contributed by atoms with Crippen molar-refractivity contribution in [2.45, 2.75) is 19.6 Å². The van der Waals surface area contributed by atoms with Gasteiger partial charge in [-0.1, -0.05) is 30.3 Å². The second kappa shape index (κ2) is 6.93. The summed E-state index contributed by atoms with van der Waals surface area (Å²) in [4.78, 5) is 14.8. The number of hydrogen-bond acceptors (Lipinski definition) is 3. The van der Waals surface area contributed by atoms with E-state index in [4.69, 9.17) is 4.74 Å². The van der Waals surface area contributed by atoms with Gasteiger partial charge in [-0.25, -0.2) is 0 Å². The molecule has 0 bridgehead atoms. The van der Waals surface area contributed by atoms with Crippen LogP contribution in [0, 0.1) is 0 Å². The number of nitrogens with zero attached hydrogens (tertiary/aromatic N) is 3. The summed E-state index contributed by atoms with van der Waals surface area (Å²) in [6, 6.07) is 19.5. The van der Waals surface area contributed by atoms with E-state index in [0.717, 1.165) is 22.4 Å². The minimum absolute atomic E-state index is 0.0296.